The lowest BCUT2D eigenvalue weighted by molar-refractivity contribution is -0.275. The van der Waals surface area contributed by atoms with Crippen LogP contribution in [0.15, 0.2) is 6.07 Å². The van der Waals surface area contributed by atoms with Gasteiger partial charge in [-0.1, -0.05) is 15.9 Å². The Bertz CT molecular complexity index is 521. The molecule has 0 unspecified atom stereocenters. The van der Waals surface area contributed by atoms with E-state index in [1.807, 2.05) is 0 Å². The van der Waals surface area contributed by atoms with Crippen molar-refractivity contribution in [2.24, 2.45) is 0 Å². The Balaban J connectivity index is 3.37. The average molecular weight is 378 g/mol. The molecule has 10 heteroatoms. The van der Waals surface area contributed by atoms with Gasteiger partial charge in [0, 0.05) is 10.9 Å². The third kappa shape index (κ3) is 5.10. The predicted molar refractivity (Wildman–Crippen MR) is 64.2 cm³/mol. The van der Waals surface area contributed by atoms with Gasteiger partial charge in [-0.25, -0.2) is 13.8 Å². The van der Waals surface area contributed by atoms with E-state index in [0.717, 1.165) is 13.2 Å². The minimum atomic E-state index is -5.05. The number of halogens is 6. The molecule has 1 aromatic heterocycles. The fourth-order valence-electron chi connectivity index (χ4n) is 1.45. The standard InChI is InChI=1S/C11H9BrF5NO3/c1-20-8(19)3-6-9(21-11(15,16)17)5(4-12)2-7(18-6)10(13)14/h2,10H,3-4H2,1H3. The van der Waals surface area contributed by atoms with Crippen LogP contribution in [0.25, 0.3) is 0 Å². The number of aromatic nitrogens is 1. The van der Waals surface area contributed by atoms with Gasteiger partial charge in [0.25, 0.3) is 6.43 Å². The van der Waals surface area contributed by atoms with Crippen LogP contribution in [0.4, 0.5) is 22.0 Å². The monoisotopic (exact) mass is 377 g/mol. The summed E-state index contributed by atoms with van der Waals surface area (Å²) in [7, 11) is 1.01. The number of pyridine rings is 1. The molecule has 0 fully saturated rings. The molecule has 0 atom stereocenters. The van der Waals surface area contributed by atoms with Gasteiger partial charge in [0.05, 0.1) is 19.2 Å². The fourth-order valence-corrected chi connectivity index (χ4v) is 1.86. The first-order valence-electron chi connectivity index (χ1n) is 5.37. The molecule has 1 heterocycles. The van der Waals surface area contributed by atoms with Crippen molar-refractivity contribution >= 4 is 21.9 Å². The molecular weight excluding hydrogens is 369 g/mol. The Morgan fingerprint density at radius 1 is 1.43 bits per heavy atom. The molecule has 0 saturated heterocycles. The van der Waals surface area contributed by atoms with Crippen LogP contribution in [0.2, 0.25) is 0 Å². The largest absolute Gasteiger partial charge is 0.573 e. The predicted octanol–water partition coefficient (Wildman–Crippen LogP) is 3.53. The minimum Gasteiger partial charge on any atom is -0.469 e. The highest BCUT2D eigenvalue weighted by molar-refractivity contribution is 9.08. The summed E-state index contributed by atoms with van der Waals surface area (Å²) in [4.78, 5) is 14.5. The van der Waals surface area contributed by atoms with Crippen molar-refractivity contribution < 1.29 is 36.2 Å². The van der Waals surface area contributed by atoms with Crippen LogP contribution < -0.4 is 4.74 Å². The molecule has 0 amide bonds. The Morgan fingerprint density at radius 3 is 2.48 bits per heavy atom. The number of rotatable bonds is 5. The first-order valence-corrected chi connectivity index (χ1v) is 6.49. The molecular formula is C11H9BrF5NO3. The Kier molecular flexibility index (Phi) is 5.87. The van der Waals surface area contributed by atoms with E-state index in [1.54, 1.807) is 0 Å². The van der Waals surface area contributed by atoms with Crippen molar-refractivity contribution in [3.05, 3.63) is 23.0 Å². The molecule has 0 N–H and O–H groups in total. The normalized spacial score (nSPS) is 11.6. The van der Waals surface area contributed by atoms with Crippen molar-refractivity contribution in [1.82, 2.24) is 4.98 Å². The Labute approximate surface area is 124 Å². The van der Waals surface area contributed by atoms with Crippen LogP contribution in [0.3, 0.4) is 0 Å². The first kappa shape index (κ1) is 17.6. The van der Waals surface area contributed by atoms with Crippen molar-refractivity contribution in [2.45, 2.75) is 24.5 Å². The molecule has 118 valence electrons. The Hall–Kier alpha value is -1.45. The highest BCUT2D eigenvalue weighted by Gasteiger charge is 2.34. The van der Waals surface area contributed by atoms with E-state index in [-0.39, 0.29) is 10.9 Å². The lowest BCUT2D eigenvalue weighted by Crippen LogP contribution is -2.21. The number of alkyl halides is 6. The van der Waals surface area contributed by atoms with E-state index in [9.17, 15) is 26.7 Å². The molecule has 1 rings (SSSR count). The summed E-state index contributed by atoms with van der Waals surface area (Å²) in [5.74, 6) is -1.71. The van der Waals surface area contributed by atoms with Gasteiger partial charge in [-0.15, -0.1) is 13.2 Å². The van der Waals surface area contributed by atoms with Crippen molar-refractivity contribution in [3.8, 4) is 5.75 Å². The molecule has 4 nitrogen and oxygen atoms in total. The molecule has 0 bridgehead atoms. The molecule has 0 saturated carbocycles. The summed E-state index contributed by atoms with van der Waals surface area (Å²) in [5, 5.41) is -0.186. The van der Waals surface area contributed by atoms with Crippen LogP contribution in [-0.4, -0.2) is 24.4 Å². The summed E-state index contributed by atoms with van der Waals surface area (Å²) in [6, 6.07) is 0.779. The van der Waals surface area contributed by atoms with Gasteiger partial charge in [0.2, 0.25) is 0 Å². The topological polar surface area (TPSA) is 48.4 Å². The zero-order valence-corrected chi connectivity index (χ0v) is 12.1. The average Bonchev–Trinajstić information content (AvgIpc) is 2.38. The molecule has 0 spiro atoms. The maximum atomic E-state index is 12.7. The third-order valence-electron chi connectivity index (χ3n) is 2.26. The maximum absolute atomic E-state index is 12.7. The lowest BCUT2D eigenvalue weighted by atomic mass is 10.1. The number of carbonyl (C=O) groups excluding carboxylic acids is 1. The van der Waals surface area contributed by atoms with E-state index in [0.29, 0.717) is 0 Å². The van der Waals surface area contributed by atoms with Gasteiger partial charge in [0.15, 0.2) is 5.75 Å². The quantitative estimate of drug-likeness (QED) is 0.447. The van der Waals surface area contributed by atoms with E-state index >= 15 is 0 Å². The SMILES string of the molecule is COC(=O)Cc1nc(C(F)F)cc(CBr)c1OC(F)(F)F. The summed E-state index contributed by atoms with van der Waals surface area (Å²) < 4.78 is 70.6. The Morgan fingerprint density at radius 2 is 2.05 bits per heavy atom. The number of esters is 1. The smallest absolute Gasteiger partial charge is 0.469 e. The van der Waals surface area contributed by atoms with E-state index in [1.165, 1.54) is 0 Å². The van der Waals surface area contributed by atoms with Crippen LogP contribution in [0, 0.1) is 0 Å². The zero-order valence-electron chi connectivity index (χ0n) is 10.5. The lowest BCUT2D eigenvalue weighted by Gasteiger charge is -2.16. The van der Waals surface area contributed by atoms with Crippen molar-refractivity contribution in [1.29, 1.82) is 0 Å². The molecule has 21 heavy (non-hydrogen) atoms. The molecule has 0 radical (unpaired) electrons. The fraction of sp³-hybridized carbons (Fsp3) is 0.455. The zero-order chi connectivity index (χ0) is 16.2. The van der Waals surface area contributed by atoms with Gasteiger partial charge in [0.1, 0.15) is 5.69 Å². The van der Waals surface area contributed by atoms with Crippen molar-refractivity contribution in [2.75, 3.05) is 7.11 Å². The van der Waals surface area contributed by atoms with Crippen LogP contribution in [-0.2, 0) is 21.3 Å². The van der Waals surface area contributed by atoms with Gasteiger partial charge in [-0.05, 0) is 6.07 Å². The van der Waals surface area contributed by atoms with Crippen molar-refractivity contribution in [3.63, 3.8) is 0 Å². The highest BCUT2D eigenvalue weighted by atomic mass is 79.9. The van der Waals surface area contributed by atoms with Gasteiger partial charge in [-0.2, -0.15) is 0 Å². The van der Waals surface area contributed by atoms with Crippen LogP contribution >= 0.6 is 15.9 Å². The summed E-state index contributed by atoms with van der Waals surface area (Å²) in [5.41, 5.74) is -1.51. The number of nitrogens with zero attached hydrogens (tertiary/aromatic N) is 1. The summed E-state index contributed by atoms with van der Waals surface area (Å²) >= 11 is 2.88. The molecule has 1 aromatic rings. The van der Waals surface area contributed by atoms with E-state index in [2.05, 4.69) is 30.4 Å². The maximum Gasteiger partial charge on any atom is 0.573 e. The molecule has 0 aliphatic heterocycles. The highest BCUT2D eigenvalue weighted by Crippen LogP contribution is 2.33. The van der Waals surface area contributed by atoms with Gasteiger partial charge >= 0.3 is 12.3 Å². The first-order chi connectivity index (χ1) is 9.67. The second-order valence-corrected chi connectivity index (χ2v) is 4.28. The summed E-state index contributed by atoms with van der Waals surface area (Å²) in [6.45, 7) is 0. The number of carbonyl (C=O) groups is 1. The summed E-state index contributed by atoms with van der Waals surface area (Å²) in [6.07, 6.45) is -8.77. The molecule has 0 aromatic carbocycles. The molecule has 0 aliphatic carbocycles. The van der Waals surface area contributed by atoms with Gasteiger partial charge in [-0.3, -0.25) is 4.79 Å². The third-order valence-corrected chi connectivity index (χ3v) is 2.87. The number of hydrogen-bond acceptors (Lipinski definition) is 4. The second-order valence-electron chi connectivity index (χ2n) is 3.72. The second kappa shape index (κ2) is 7.01. The van der Waals surface area contributed by atoms with Crippen LogP contribution in [0.1, 0.15) is 23.4 Å². The van der Waals surface area contributed by atoms with Crippen LogP contribution in [0.5, 0.6) is 5.75 Å². The minimum absolute atomic E-state index is 0.186. The number of hydrogen-bond donors (Lipinski definition) is 0. The van der Waals surface area contributed by atoms with Gasteiger partial charge < -0.3 is 9.47 Å². The number of methoxy groups -OCH3 is 1. The number of ether oxygens (including phenoxy) is 2. The molecule has 0 aliphatic rings. The van der Waals surface area contributed by atoms with E-state index in [4.69, 9.17) is 0 Å². The van der Waals surface area contributed by atoms with E-state index < -0.39 is 42.3 Å².